The van der Waals surface area contributed by atoms with Crippen LogP contribution in [0, 0.1) is 39.9 Å². The van der Waals surface area contributed by atoms with Crippen molar-refractivity contribution in [3.8, 4) is 23.1 Å². The van der Waals surface area contributed by atoms with E-state index in [0.717, 1.165) is 59.3 Å². The maximum Gasteiger partial charge on any atom is 0.232 e. The molecule has 7 atom stereocenters. The molecule has 1 N–H and O–H groups in total. The monoisotopic (exact) mass is 574 g/mol. The molecule has 4 nitrogen and oxygen atoms in total. The van der Waals surface area contributed by atoms with E-state index in [9.17, 15) is 10.4 Å². The highest BCUT2D eigenvalue weighted by molar-refractivity contribution is 9.10. The average molecular weight is 576 g/mol. The molecule has 2 aromatic rings. The Bertz CT molecular complexity index is 1310. The molecule has 1 aromatic heterocycles. The second-order valence-corrected chi connectivity index (χ2v) is 13.6. The van der Waals surface area contributed by atoms with E-state index in [2.05, 4.69) is 60.1 Å². The van der Waals surface area contributed by atoms with Gasteiger partial charge in [0.25, 0.3) is 0 Å². The third-order valence-electron chi connectivity index (χ3n) is 11.0. The standard InChI is InChI=1S/C33H39BrN2O2/c1-4-38-31-26(19-35)25(20-6-5-7-22(34)16-20)18-30(36-31)29-11-10-27-24-9-8-21-17-23(37)12-14-32(21,2)28(24)13-15-33(27,29)3/h5-8,16,18,23-24,27-29,37H,4,9-15,17H2,1-3H3/t23-,24-,27-,28-,29+,32-,33-/m0/s1. The van der Waals surface area contributed by atoms with Crippen molar-refractivity contribution in [2.24, 2.45) is 28.6 Å². The van der Waals surface area contributed by atoms with Gasteiger partial charge in [-0.25, -0.2) is 4.98 Å². The number of halogens is 1. The van der Waals surface area contributed by atoms with Crippen LogP contribution < -0.4 is 4.74 Å². The molecule has 4 aliphatic carbocycles. The van der Waals surface area contributed by atoms with Crippen LogP contribution in [-0.2, 0) is 0 Å². The summed E-state index contributed by atoms with van der Waals surface area (Å²) in [5.74, 6) is 2.93. The summed E-state index contributed by atoms with van der Waals surface area (Å²) in [6.07, 6.45) is 11.3. The fourth-order valence-corrected chi connectivity index (χ4v) is 9.48. The van der Waals surface area contributed by atoms with E-state index >= 15 is 0 Å². The number of ether oxygens (including phenoxy) is 1. The number of aliphatic hydroxyl groups is 1. The summed E-state index contributed by atoms with van der Waals surface area (Å²) in [5, 5.41) is 20.5. The molecule has 1 aromatic carbocycles. The summed E-state index contributed by atoms with van der Waals surface area (Å²) in [6, 6.07) is 12.8. The second-order valence-electron chi connectivity index (χ2n) is 12.7. The van der Waals surface area contributed by atoms with Gasteiger partial charge >= 0.3 is 0 Å². The first-order valence-corrected chi connectivity index (χ1v) is 15.3. The quantitative estimate of drug-likeness (QED) is 0.374. The summed E-state index contributed by atoms with van der Waals surface area (Å²) >= 11 is 3.61. The molecule has 0 saturated heterocycles. The van der Waals surface area contributed by atoms with Crippen molar-refractivity contribution in [2.45, 2.75) is 84.2 Å². The van der Waals surface area contributed by atoms with Crippen LogP contribution in [0.3, 0.4) is 0 Å². The molecule has 4 aliphatic rings. The number of hydrogen-bond acceptors (Lipinski definition) is 4. The lowest BCUT2D eigenvalue weighted by Crippen LogP contribution is -2.50. The minimum atomic E-state index is -0.156. The Balaban J connectivity index is 1.38. The van der Waals surface area contributed by atoms with Crippen LogP contribution in [0.4, 0.5) is 0 Å². The van der Waals surface area contributed by atoms with Gasteiger partial charge in [-0.05, 0) is 111 Å². The Labute approximate surface area is 235 Å². The van der Waals surface area contributed by atoms with E-state index in [1.807, 2.05) is 19.1 Å². The van der Waals surface area contributed by atoms with E-state index < -0.39 is 0 Å². The van der Waals surface area contributed by atoms with Crippen LogP contribution in [0.5, 0.6) is 5.88 Å². The fraction of sp³-hybridized carbons (Fsp3) is 0.576. The van der Waals surface area contributed by atoms with E-state index in [4.69, 9.17) is 9.72 Å². The molecule has 38 heavy (non-hydrogen) atoms. The molecule has 1 heterocycles. The van der Waals surface area contributed by atoms with Crippen LogP contribution in [0.2, 0.25) is 0 Å². The molecule has 0 radical (unpaired) electrons. The molecule has 6 rings (SSSR count). The SMILES string of the molecule is CCOc1nc([C@H]2CC[C@H]3[C@@H]4CC=C5C[C@@H](O)CC[C@]5(C)[C@H]4CC[C@]23C)cc(-c2cccc(Br)c2)c1C#N. The lowest BCUT2D eigenvalue weighted by molar-refractivity contribution is -0.0412. The average Bonchev–Trinajstić information content (AvgIpc) is 3.26. The zero-order valence-corrected chi connectivity index (χ0v) is 24.4. The normalized spacial score (nSPS) is 35.9. The van der Waals surface area contributed by atoms with Gasteiger partial charge in [-0.3, -0.25) is 0 Å². The minimum Gasteiger partial charge on any atom is -0.477 e. The third kappa shape index (κ3) is 4.06. The van der Waals surface area contributed by atoms with Crippen molar-refractivity contribution >= 4 is 15.9 Å². The highest BCUT2D eigenvalue weighted by Gasteiger charge is 2.59. The Hall–Kier alpha value is -2.16. The van der Waals surface area contributed by atoms with Crippen molar-refractivity contribution < 1.29 is 9.84 Å². The summed E-state index contributed by atoms with van der Waals surface area (Å²) in [7, 11) is 0. The Kier molecular flexibility index (Phi) is 6.72. The predicted octanol–water partition coefficient (Wildman–Crippen LogP) is 8.19. The largest absolute Gasteiger partial charge is 0.477 e. The van der Waals surface area contributed by atoms with Crippen molar-refractivity contribution in [2.75, 3.05) is 6.61 Å². The molecule has 0 unspecified atom stereocenters. The highest BCUT2D eigenvalue weighted by atomic mass is 79.9. The number of hydrogen-bond donors (Lipinski definition) is 1. The lowest BCUT2D eigenvalue weighted by Gasteiger charge is -2.58. The number of benzene rings is 1. The number of nitrogens with zero attached hydrogens (tertiary/aromatic N) is 2. The second kappa shape index (κ2) is 9.79. The lowest BCUT2D eigenvalue weighted by atomic mass is 9.47. The predicted molar refractivity (Wildman–Crippen MR) is 154 cm³/mol. The van der Waals surface area contributed by atoms with Crippen molar-refractivity contribution in [3.63, 3.8) is 0 Å². The number of pyridine rings is 1. The molecule has 200 valence electrons. The highest BCUT2D eigenvalue weighted by Crippen LogP contribution is 2.68. The van der Waals surface area contributed by atoms with E-state index in [1.165, 1.54) is 24.8 Å². The van der Waals surface area contributed by atoms with Crippen molar-refractivity contribution in [1.82, 2.24) is 4.98 Å². The van der Waals surface area contributed by atoms with Gasteiger partial charge in [-0.15, -0.1) is 0 Å². The number of fused-ring (bicyclic) bond motifs is 5. The molecule has 0 spiro atoms. The number of aromatic nitrogens is 1. The number of rotatable bonds is 4. The van der Waals surface area contributed by atoms with Crippen LogP contribution >= 0.6 is 15.9 Å². The van der Waals surface area contributed by atoms with Crippen molar-refractivity contribution in [3.05, 3.63) is 57.7 Å². The van der Waals surface area contributed by atoms with Gasteiger partial charge in [0, 0.05) is 21.6 Å². The third-order valence-corrected chi connectivity index (χ3v) is 11.5. The Morgan fingerprint density at radius 1 is 1.13 bits per heavy atom. The minimum absolute atomic E-state index is 0.156. The van der Waals surface area contributed by atoms with E-state index in [0.29, 0.717) is 35.8 Å². The van der Waals surface area contributed by atoms with Crippen LogP contribution in [-0.4, -0.2) is 22.8 Å². The Morgan fingerprint density at radius 2 is 1.97 bits per heavy atom. The summed E-state index contributed by atoms with van der Waals surface area (Å²) in [5.41, 5.74) is 5.52. The van der Waals surface area contributed by atoms with Crippen LogP contribution in [0.15, 0.2) is 46.5 Å². The first kappa shape index (κ1) is 26.1. The molecule has 3 saturated carbocycles. The van der Waals surface area contributed by atoms with Crippen molar-refractivity contribution in [1.29, 1.82) is 5.26 Å². The Morgan fingerprint density at radius 3 is 2.74 bits per heavy atom. The van der Waals surface area contributed by atoms with E-state index in [-0.39, 0.29) is 16.9 Å². The number of nitriles is 1. The first-order valence-electron chi connectivity index (χ1n) is 14.5. The molecule has 0 amide bonds. The van der Waals surface area contributed by atoms with Gasteiger partial charge in [0.05, 0.1) is 12.7 Å². The van der Waals surface area contributed by atoms with E-state index in [1.54, 1.807) is 0 Å². The fourth-order valence-electron chi connectivity index (χ4n) is 9.08. The van der Waals surface area contributed by atoms with Gasteiger partial charge in [0.1, 0.15) is 11.6 Å². The molecular formula is C33H39BrN2O2. The molecule has 0 aliphatic heterocycles. The van der Waals surface area contributed by atoms with Crippen LogP contribution in [0.25, 0.3) is 11.1 Å². The topological polar surface area (TPSA) is 66.1 Å². The van der Waals surface area contributed by atoms with Gasteiger partial charge in [-0.2, -0.15) is 5.26 Å². The molecular weight excluding hydrogens is 536 g/mol. The maximum atomic E-state index is 10.3. The van der Waals surface area contributed by atoms with Gasteiger partial charge in [-0.1, -0.05) is 53.6 Å². The van der Waals surface area contributed by atoms with Crippen LogP contribution in [0.1, 0.15) is 89.3 Å². The summed E-state index contributed by atoms with van der Waals surface area (Å²) in [6.45, 7) is 7.46. The summed E-state index contributed by atoms with van der Waals surface area (Å²) < 4.78 is 6.98. The molecule has 0 bridgehead atoms. The first-order chi connectivity index (χ1) is 18.3. The maximum absolute atomic E-state index is 10.3. The molecule has 5 heteroatoms. The molecule has 3 fully saturated rings. The van der Waals surface area contributed by atoms with Gasteiger partial charge in [0.2, 0.25) is 5.88 Å². The smallest absolute Gasteiger partial charge is 0.232 e. The number of aliphatic hydroxyl groups excluding tert-OH is 1. The number of allylic oxidation sites excluding steroid dienone is 1. The summed E-state index contributed by atoms with van der Waals surface area (Å²) in [4.78, 5) is 5.06. The van der Waals surface area contributed by atoms with Gasteiger partial charge < -0.3 is 9.84 Å². The zero-order chi connectivity index (χ0) is 26.7. The van der Waals surface area contributed by atoms with Gasteiger partial charge in [0.15, 0.2) is 0 Å². The zero-order valence-electron chi connectivity index (χ0n) is 22.8.